The monoisotopic (exact) mass is 484 g/mol. The van der Waals surface area contributed by atoms with Crippen molar-refractivity contribution in [2.45, 2.75) is 5.72 Å². The predicted molar refractivity (Wildman–Crippen MR) is 116 cm³/mol. The smallest absolute Gasteiger partial charge is 0.261 e. The van der Waals surface area contributed by atoms with E-state index >= 15 is 0 Å². The number of carbonyl (C=O) groups is 1. The van der Waals surface area contributed by atoms with Gasteiger partial charge in [0, 0.05) is 32.5 Å². The minimum Gasteiger partial charge on any atom is -0.490 e. The summed E-state index contributed by atoms with van der Waals surface area (Å²) in [6.07, 6.45) is 0. The van der Waals surface area contributed by atoms with Crippen molar-refractivity contribution < 1.29 is 14.6 Å². The van der Waals surface area contributed by atoms with Crippen molar-refractivity contribution in [3.05, 3.63) is 87.0 Å². The fourth-order valence-corrected chi connectivity index (χ4v) is 4.45. The van der Waals surface area contributed by atoms with Gasteiger partial charge in [0.15, 0.2) is 5.72 Å². The lowest BCUT2D eigenvalue weighted by molar-refractivity contribution is 0.0703. The van der Waals surface area contributed by atoms with Crippen molar-refractivity contribution in [2.24, 2.45) is 0 Å². The normalized spacial score (nSPS) is 20.2. The Morgan fingerprint density at radius 1 is 1.07 bits per heavy atom. The fraction of sp³-hybridized carbons (Fsp3) is 0.136. The van der Waals surface area contributed by atoms with Crippen molar-refractivity contribution in [2.75, 3.05) is 23.4 Å². The molecule has 0 aromatic heterocycles. The molecule has 0 saturated carbocycles. The zero-order chi connectivity index (χ0) is 19.3. The summed E-state index contributed by atoms with van der Waals surface area (Å²) in [7, 11) is 0. The van der Waals surface area contributed by atoms with Crippen LogP contribution in [0.15, 0.2) is 66.7 Å². The molecule has 6 heteroatoms. The third-order valence-electron chi connectivity index (χ3n) is 5.18. The lowest BCUT2D eigenvalue weighted by Crippen LogP contribution is -2.45. The topological polar surface area (TPSA) is 61.8 Å². The number of benzene rings is 3. The van der Waals surface area contributed by atoms with Crippen LogP contribution in [-0.4, -0.2) is 24.2 Å². The Hall–Kier alpha value is -2.58. The van der Waals surface area contributed by atoms with Crippen LogP contribution in [-0.2, 0) is 5.72 Å². The van der Waals surface area contributed by atoms with Gasteiger partial charge < -0.3 is 15.2 Å². The maximum atomic E-state index is 13.3. The van der Waals surface area contributed by atoms with Gasteiger partial charge in [-0.15, -0.1) is 0 Å². The van der Waals surface area contributed by atoms with Crippen LogP contribution in [0.3, 0.4) is 0 Å². The van der Waals surface area contributed by atoms with Crippen LogP contribution in [0.5, 0.6) is 5.75 Å². The van der Waals surface area contributed by atoms with Crippen molar-refractivity contribution in [1.29, 1.82) is 0 Å². The summed E-state index contributed by atoms with van der Waals surface area (Å²) in [6, 6.07) is 20.3. The molecule has 0 radical (unpaired) electrons. The molecule has 0 spiro atoms. The standard InChI is InChI=1S/C22H17IN2O3/c23-15-4-3-5-16(13-15)25-21(26)17-6-1-2-7-18(17)22(25,27)14-8-9-20-19(12-14)24-10-11-28-20/h1-9,12-13,24,27H,10-11H2. The number of nitrogens with one attached hydrogen (secondary N) is 1. The fourth-order valence-electron chi connectivity index (χ4n) is 3.92. The number of nitrogens with zero attached hydrogens (tertiary/aromatic N) is 1. The number of hydrogen-bond acceptors (Lipinski definition) is 4. The summed E-state index contributed by atoms with van der Waals surface area (Å²) in [5, 5.41) is 15.3. The highest BCUT2D eigenvalue weighted by atomic mass is 127. The maximum Gasteiger partial charge on any atom is 0.261 e. The van der Waals surface area contributed by atoms with E-state index in [-0.39, 0.29) is 5.91 Å². The Kier molecular flexibility index (Phi) is 4.06. The maximum absolute atomic E-state index is 13.3. The third-order valence-corrected chi connectivity index (χ3v) is 5.85. The molecule has 1 atom stereocenters. The SMILES string of the molecule is O=C1c2ccccc2C(O)(c2ccc3c(c2)NCCO3)N1c1cccc(I)c1. The summed E-state index contributed by atoms with van der Waals surface area (Å²) in [5.41, 5.74) is 1.56. The molecular weight excluding hydrogens is 467 g/mol. The van der Waals surface area contributed by atoms with Crippen LogP contribution in [0.4, 0.5) is 11.4 Å². The van der Waals surface area contributed by atoms with E-state index in [0.29, 0.717) is 35.5 Å². The molecule has 1 unspecified atom stereocenters. The summed E-state index contributed by atoms with van der Waals surface area (Å²) in [4.78, 5) is 14.8. The number of ether oxygens (including phenoxy) is 1. The van der Waals surface area contributed by atoms with Crippen LogP contribution >= 0.6 is 22.6 Å². The number of anilines is 2. The Morgan fingerprint density at radius 2 is 1.93 bits per heavy atom. The lowest BCUT2D eigenvalue weighted by Gasteiger charge is -2.35. The predicted octanol–water partition coefficient (Wildman–Crippen LogP) is 3.95. The second-order valence-corrected chi connectivity index (χ2v) is 8.07. The second-order valence-electron chi connectivity index (χ2n) is 6.82. The Morgan fingerprint density at radius 3 is 2.79 bits per heavy atom. The number of halogens is 1. The van der Waals surface area contributed by atoms with Crippen LogP contribution in [0.2, 0.25) is 0 Å². The van der Waals surface area contributed by atoms with Gasteiger partial charge in [-0.3, -0.25) is 9.69 Å². The molecule has 2 heterocycles. The van der Waals surface area contributed by atoms with Crippen molar-refractivity contribution in [3.63, 3.8) is 0 Å². The van der Waals surface area contributed by atoms with Gasteiger partial charge in [0.1, 0.15) is 12.4 Å². The summed E-state index contributed by atoms with van der Waals surface area (Å²) in [6.45, 7) is 1.30. The molecule has 0 bridgehead atoms. The first kappa shape index (κ1) is 17.5. The summed E-state index contributed by atoms with van der Waals surface area (Å²) in [5.74, 6) is 0.527. The molecule has 2 aliphatic rings. The van der Waals surface area contributed by atoms with Gasteiger partial charge in [0.2, 0.25) is 0 Å². The number of aliphatic hydroxyl groups is 1. The molecule has 2 aliphatic heterocycles. The Balaban J connectivity index is 1.74. The van der Waals surface area contributed by atoms with E-state index in [1.807, 2.05) is 60.7 Å². The molecule has 5 rings (SSSR count). The Labute approximate surface area is 176 Å². The van der Waals surface area contributed by atoms with Gasteiger partial charge in [0.25, 0.3) is 5.91 Å². The van der Waals surface area contributed by atoms with Crippen molar-refractivity contribution in [3.8, 4) is 5.75 Å². The molecule has 28 heavy (non-hydrogen) atoms. The first-order chi connectivity index (χ1) is 13.6. The number of amides is 1. The highest BCUT2D eigenvalue weighted by molar-refractivity contribution is 14.1. The molecule has 0 saturated heterocycles. The van der Waals surface area contributed by atoms with E-state index in [1.54, 1.807) is 6.07 Å². The molecule has 3 aromatic rings. The van der Waals surface area contributed by atoms with E-state index in [2.05, 4.69) is 27.9 Å². The number of carbonyl (C=O) groups excluding carboxylic acids is 1. The zero-order valence-electron chi connectivity index (χ0n) is 14.9. The van der Waals surface area contributed by atoms with E-state index < -0.39 is 5.72 Å². The Bertz CT molecular complexity index is 1100. The highest BCUT2D eigenvalue weighted by Gasteiger charge is 2.50. The number of fused-ring (bicyclic) bond motifs is 2. The molecule has 2 N–H and O–H groups in total. The molecule has 1 amide bonds. The van der Waals surface area contributed by atoms with E-state index in [9.17, 15) is 9.90 Å². The number of rotatable bonds is 2. The summed E-state index contributed by atoms with van der Waals surface area (Å²) >= 11 is 2.21. The highest BCUT2D eigenvalue weighted by Crippen LogP contribution is 2.46. The largest absolute Gasteiger partial charge is 0.490 e. The summed E-state index contributed by atoms with van der Waals surface area (Å²) < 4.78 is 6.65. The number of hydrogen-bond donors (Lipinski definition) is 2. The van der Waals surface area contributed by atoms with Gasteiger partial charge >= 0.3 is 0 Å². The average molecular weight is 484 g/mol. The second kappa shape index (κ2) is 6.49. The van der Waals surface area contributed by atoms with E-state index in [4.69, 9.17) is 4.74 Å². The van der Waals surface area contributed by atoms with Crippen molar-refractivity contribution >= 4 is 39.9 Å². The van der Waals surface area contributed by atoms with Gasteiger partial charge in [-0.1, -0.05) is 24.3 Å². The van der Waals surface area contributed by atoms with Gasteiger partial charge in [-0.2, -0.15) is 0 Å². The van der Waals surface area contributed by atoms with Crippen LogP contribution in [0, 0.1) is 3.57 Å². The van der Waals surface area contributed by atoms with Crippen LogP contribution in [0.25, 0.3) is 0 Å². The molecule has 0 fully saturated rings. The zero-order valence-corrected chi connectivity index (χ0v) is 17.0. The quantitative estimate of drug-likeness (QED) is 0.541. The van der Waals surface area contributed by atoms with Crippen LogP contribution in [0.1, 0.15) is 21.5 Å². The minimum absolute atomic E-state index is 0.220. The lowest BCUT2D eigenvalue weighted by atomic mass is 9.93. The first-order valence-corrected chi connectivity index (χ1v) is 10.1. The van der Waals surface area contributed by atoms with Gasteiger partial charge in [0.05, 0.1) is 5.69 Å². The molecule has 5 nitrogen and oxygen atoms in total. The van der Waals surface area contributed by atoms with Crippen LogP contribution < -0.4 is 15.0 Å². The van der Waals surface area contributed by atoms with Gasteiger partial charge in [-0.05, 0) is 65.1 Å². The molecule has 0 aliphatic carbocycles. The first-order valence-electron chi connectivity index (χ1n) is 9.02. The molecule has 3 aromatic carbocycles. The molecule has 140 valence electrons. The van der Waals surface area contributed by atoms with E-state index in [1.165, 1.54) is 4.90 Å². The average Bonchev–Trinajstić information content (AvgIpc) is 2.96. The van der Waals surface area contributed by atoms with Crippen molar-refractivity contribution in [1.82, 2.24) is 0 Å². The van der Waals surface area contributed by atoms with E-state index in [0.717, 1.165) is 15.0 Å². The molecular formula is C22H17IN2O3. The third kappa shape index (κ3) is 2.51. The minimum atomic E-state index is -1.60. The van der Waals surface area contributed by atoms with Gasteiger partial charge in [-0.25, -0.2) is 0 Å².